The lowest BCUT2D eigenvalue weighted by Gasteiger charge is -2.31. The van der Waals surface area contributed by atoms with Gasteiger partial charge in [-0.1, -0.05) is 78.7 Å². The van der Waals surface area contributed by atoms with Gasteiger partial charge in [0.05, 0.1) is 10.0 Å². The summed E-state index contributed by atoms with van der Waals surface area (Å²) < 4.78 is 5.80. The first-order chi connectivity index (χ1) is 16.9. The summed E-state index contributed by atoms with van der Waals surface area (Å²) in [5.41, 5.74) is 2.90. The molecule has 2 amide bonds. The molecule has 5 nitrogen and oxygen atoms in total. The smallest absolute Gasteiger partial charge is 0.261 e. The molecule has 184 valence electrons. The van der Waals surface area contributed by atoms with Crippen LogP contribution in [0.25, 0.3) is 0 Å². The highest BCUT2D eigenvalue weighted by Crippen LogP contribution is 2.24. The van der Waals surface area contributed by atoms with E-state index < -0.39 is 6.04 Å². The maximum atomic E-state index is 13.5. The lowest BCUT2D eigenvalue weighted by atomic mass is 10.0. The molecule has 0 heterocycles. The van der Waals surface area contributed by atoms with Gasteiger partial charge in [-0.3, -0.25) is 9.59 Å². The van der Waals surface area contributed by atoms with E-state index in [1.165, 1.54) is 5.56 Å². The number of rotatable bonds is 11. The third-order valence-electron chi connectivity index (χ3n) is 5.65. The number of nitrogens with zero attached hydrogens (tertiary/aromatic N) is 1. The molecule has 0 spiro atoms. The van der Waals surface area contributed by atoms with Crippen molar-refractivity contribution in [1.82, 2.24) is 10.2 Å². The summed E-state index contributed by atoms with van der Waals surface area (Å²) in [4.78, 5) is 28.2. The van der Waals surface area contributed by atoms with Crippen molar-refractivity contribution in [2.45, 2.75) is 39.3 Å². The van der Waals surface area contributed by atoms with E-state index in [0.29, 0.717) is 28.8 Å². The topological polar surface area (TPSA) is 58.6 Å². The first-order valence-electron chi connectivity index (χ1n) is 11.7. The summed E-state index contributed by atoms with van der Waals surface area (Å²) in [7, 11) is 0. The van der Waals surface area contributed by atoms with Crippen LogP contribution in [0.15, 0.2) is 72.8 Å². The van der Waals surface area contributed by atoms with Crippen LogP contribution in [0.1, 0.15) is 30.5 Å². The maximum Gasteiger partial charge on any atom is 0.261 e. The van der Waals surface area contributed by atoms with Crippen molar-refractivity contribution in [2.24, 2.45) is 0 Å². The van der Waals surface area contributed by atoms with Gasteiger partial charge in [-0.2, -0.15) is 0 Å². The third kappa shape index (κ3) is 7.74. The van der Waals surface area contributed by atoms with Gasteiger partial charge in [0.25, 0.3) is 5.91 Å². The number of aryl methyl sites for hydroxylation is 1. The van der Waals surface area contributed by atoms with Gasteiger partial charge in [0.15, 0.2) is 6.61 Å². The standard InChI is InChI=1S/C28H30Cl2N2O3/c1-3-20-10-13-23(14-11-20)35-19-27(33)32(18-22-12-15-24(29)25(30)16-22)26(28(34)31-4-2)17-21-8-6-5-7-9-21/h5-16,26H,3-4,17-19H2,1-2H3,(H,31,34)/t26-/m0/s1. The quantitative estimate of drug-likeness (QED) is 0.357. The molecule has 0 radical (unpaired) electrons. The Bertz CT molecular complexity index is 1120. The summed E-state index contributed by atoms with van der Waals surface area (Å²) in [5, 5.41) is 3.69. The molecule has 0 bridgehead atoms. The van der Waals surface area contributed by atoms with E-state index in [2.05, 4.69) is 12.2 Å². The summed E-state index contributed by atoms with van der Waals surface area (Å²) in [6, 6.07) is 21.7. The number of carbonyl (C=O) groups is 2. The first-order valence-corrected chi connectivity index (χ1v) is 12.4. The third-order valence-corrected chi connectivity index (χ3v) is 6.39. The van der Waals surface area contributed by atoms with Crippen LogP contribution in [0.2, 0.25) is 10.0 Å². The molecule has 0 aliphatic heterocycles. The van der Waals surface area contributed by atoms with Crippen molar-refractivity contribution in [1.29, 1.82) is 0 Å². The normalized spacial score (nSPS) is 11.5. The van der Waals surface area contributed by atoms with Gasteiger partial charge in [0, 0.05) is 19.5 Å². The Labute approximate surface area is 217 Å². The van der Waals surface area contributed by atoms with E-state index in [1.54, 1.807) is 23.1 Å². The van der Waals surface area contributed by atoms with Gasteiger partial charge < -0.3 is 15.0 Å². The zero-order valence-electron chi connectivity index (χ0n) is 20.0. The second kappa shape index (κ2) is 13.2. The average Bonchev–Trinajstić information content (AvgIpc) is 2.87. The van der Waals surface area contributed by atoms with Crippen molar-refractivity contribution in [2.75, 3.05) is 13.2 Å². The highest BCUT2D eigenvalue weighted by molar-refractivity contribution is 6.42. The molecule has 0 saturated heterocycles. The van der Waals surface area contributed by atoms with Crippen LogP contribution in [0.3, 0.4) is 0 Å². The van der Waals surface area contributed by atoms with Gasteiger partial charge in [0.1, 0.15) is 11.8 Å². The Hall–Kier alpha value is -3.02. The minimum Gasteiger partial charge on any atom is -0.484 e. The molecule has 0 fully saturated rings. The Morgan fingerprint density at radius 2 is 1.57 bits per heavy atom. The Balaban J connectivity index is 1.88. The van der Waals surface area contributed by atoms with E-state index in [-0.39, 0.29) is 25.0 Å². The lowest BCUT2D eigenvalue weighted by Crippen LogP contribution is -2.51. The summed E-state index contributed by atoms with van der Waals surface area (Å²) in [6.45, 7) is 4.37. The van der Waals surface area contributed by atoms with Crippen molar-refractivity contribution in [3.05, 3.63) is 99.5 Å². The zero-order chi connectivity index (χ0) is 25.2. The Kier molecular flexibility index (Phi) is 10.0. The molecule has 0 aliphatic rings. The van der Waals surface area contributed by atoms with Gasteiger partial charge in [-0.05, 0) is 54.3 Å². The van der Waals surface area contributed by atoms with Crippen molar-refractivity contribution >= 4 is 35.0 Å². The van der Waals surface area contributed by atoms with E-state index in [1.807, 2.05) is 61.5 Å². The summed E-state index contributed by atoms with van der Waals surface area (Å²) >= 11 is 12.3. The van der Waals surface area contributed by atoms with Crippen LogP contribution in [0.5, 0.6) is 5.75 Å². The Morgan fingerprint density at radius 3 is 2.20 bits per heavy atom. The number of hydrogen-bond donors (Lipinski definition) is 1. The number of halogens is 2. The summed E-state index contributed by atoms with van der Waals surface area (Å²) in [6.07, 6.45) is 1.29. The fourth-order valence-corrected chi connectivity index (χ4v) is 4.05. The number of carbonyl (C=O) groups excluding carboxylic acids is 2. The Morgan fingerprint density at radius 1 is 0.886 bits per heavy atom. The van der Waals surface area contributed by atoms with Crippen LogP contribution in [-0.4, -0.2) is 35.9 Å². The molecule has 0 saturated carbocycles. The lowest BCUT2D eigenvalue weighted by molar-refractivity contribution is -0.142. The largest absolute Gasteiger partial charge is 0.484 e. The summed E-state index contributed by atoms with van der Waals surface area (Å²) in [5.74, 6) is 0.0718. The van der Waals surface area contributed by atoms with E-state index in [4.69, 9.17) is 27.9 Å². The van der Waals surface area contributed by atoms with Crippen LogP contribution in [-0.2, 0) is 29.0 Å². The van der Waals surface area contributed by atoms with Gasteiger partial charge >= 0.3 is 0 Å². The molecule has 1 atom stereocenters. The van der Waals surface area contributed by atoms with Gasteiger partial charge in [0.2, 0.25) is 5.91 Å². The van der Waals surface area contributed by atoms with Crippen molar-refractivity contribution in [3.8, 4) is 5.75 Å². The van der Waals surface area contributed by atoms with E-state index in [9.17, 15) is 9.59 Å². The minimum atomic E-state index is -0.731. The van der Waals surface area contributed by atoms with Crippen LogP contribution < -0.4 is 10.1 Å². The molecule has 1 N–H and O–H groups in total. The SMILES string of the molecule is CCNC(=O)[C@H](Cc1ccccc1)N(Cc1ccc(Cl)c(Cl)c1)C(=O)COc1ccc(CC)cc1. The van der Waals surface area contributed by atoms with Gasteiger partial charge in [-0.15, -0.1) is 0 Å². The van der Waals surface area contributed by atoms with E-state index >= 15 is 0 Å². The minimum absolute atomic E-state index is 0.183. The molecule has 35 heavy (non-hydrogen) atoms. The maximum absolute atomic E-state index is 13.5. The molecule has 0 aromatic heterocycles. The molecule has 3 aromatic carbocycles. The van der Waals surface area contributed by atoms with Gasteiger partial charge in [-0.25, -0.2) is 0 Å². The highest BCUT2D eigenvalue weighted by Gasteiger charge is 2.30. The molecule has 3 aromatic rings. The monoisotopic (exact) mass is 512 g/mol. The highest BCUT2D eigenvalue weighted by atomic mass is 35.5. The van der Waals surface area contributed by atoms with Crippen LogP contribution in [0, 0.1) is 0 Å². The molecule has 0 unspecified atom stereocenters. The number of nitrogens with one attached hydrogen (secondary N) is 1. The average molecular weight is 513 g/mol. The second-order valence-electron chi connectivity index (χ2n) is 8.16. The predicted molar refractivity (Wildman–Crippen MR) is 141 cm³/mol. The van der Waals surface area contributed by atoms with Crippen LogP contribution >= 0.6 is 23.2 Å². The van der Waals surface area contributed by atoms with Crippen molar-refractivity contribution in [3.63, 3.8) is 0 Å². The predicted octanol–water partition coefficient (Wildman–Crippen LogP) is 5.71. The molecule has 0 aliphatic carbocycles. The van der Waals surface area contributed by atoms with E-state index in [0.717, 1.165) is 17.5 Å². The molecule has 3 rings (SSSR count). The molecular formula is C28H30Cl2N2O3. The second-order valence-corrected chi connectivity index (χ2v) is 8.97. The number of likely N-dealkylation sites (N-methyl/N-ethyl adjacent to an activating group) is 1. The fraction of sp³-hybridized carbons (Fsp3) is 0.286. The number of hydrogen-bond acceptors (Lipinski definition) is 3. The molecule has 7 heteroatoms. The molecular weight excluding hydrogens is 483 g/mol. The number of benzene rings is 3. The van der Waals surface area contributed by atoms with Crippen molar-refractivity contribution < 1.29 is 14.3 Å². The van der Waals surface area contributed by atoms with Crippen LogP contribution in [0.4, 0.5) is 0 Å². The zero-order valence-corrected chi connectivity index (χ0v) is 21.5. The number of amides is 2. The number of ether oxygens (including phenoxy) is 1. The first kappa shape index (κ1) is 26.6. The fourth-order valence-electron chi connectivity index (χ4n) is 3.73.